The Balaban J connectivity index is 1.54. The van der Waals surface area contributed by atoms with Crippen LogP contribution in [0.2, 0.25) is 0 Å². The van der Waals surface area contributed by atoms with Crippen LogP contribution in [0.5, 0.6) is 11.5 Å². The van der Waals surface area contributed by atoms with E-state index in [4.69, 9.17) is 9.47 Å². The molecule has 192 valence electrons. The normalized spacial score (nSPS) is 21.0. The fraction of sp³-hybridized carbons (Fsp3) is 0.370. The van der Waals surface area contributed by atoms with E-state index in [1.807, 2.05) is 11.0 Å². The number of benzene rings is 1. The maximum atomic E-state index is 14.5. The quantitative estimate of drug-likeness (QED) is 0.500. The van der Waals surface area contributed by atoms with Crippen molar-refractivity contribution in [1.82, 2.24) is 20.2 Å². The zero-order valence-corrected chi connectivity index (χ0v) is 20.5. The largest absolute Gasteiger partial charge is 0.492 e. The number of amides is 2. The first-order valence-corrected chi connectivity index (χ1v) is 12.5. The lowest BCUT2D eigenvalue weighted by Gasteiger charge is -2.33. The molecule has 6 heterocycles. The number of anilines is 2. The molecular weight excluding hydrogens is 477 g/mol. The van der Waals surface area contributed by atoms with Crippen LogP contribution in [-0.2, 0) is 4.79 Å². The third-order valence-electron chi connectivity index (χ3n) is 7.52. The van der Waals surface area contributed by atoms with Gasteiger partial charge < -0.3 is 30.0 Å². The first-order valence-electron chi connectivity index (χ1n) is 12.5. The highest BCUT2D eigenvalue weighted by atomic mass is 19.1. The van der Waals surface area contributed by atoms with Gasteiger partial charge in [0.1, 0.15) is 5.75 Å². The van der Waals surface area contributed by atoms with Crippen LogP contribution in [0.15, 0.2) is 36.7 Å². The molecule has 0 spiro atoms. The van der Waals surface area contributed by atoms with Crippen molar-refractivity contribution in [2.75, 3.05) is 38.7 Å². The summed E-state index contributed by atoms with van der Waals surface area (Å²) in [6.07, 6.45) is 5.37. The van der Waals surface area contributed by atoms with E-state index in [1.165, 1.54) is 13.2 Å². The molecule has 1 aromatic carbocycles. The van der Waals surface area contributed by atoms with E-state index in [9.17, 15) is 14.0 Å². The van der Waals surface area contributed by atoms with Gasteiger partial charge >= 0.3 is 0 Å². The highest BCUT2D eigenvalue weighted by molar-refractivity contribution is 6.07. The molecular formula is C27H28FN5O4. The monoisotopic (exact) mass is 505 g/mol. The van der Waals surface area contributed by atoms with Crippen LogP contribution in [0.25, 0.3) is 11.3 Å². The van der Waals surface area contributed by atoms with Crippen molar-refractivity contribution in [3.63, 3.8) is 0 Å². The fourth-order valence-electron chi connectivity index (χ4n) is 5.52. The van der Waals surface area contributed by atoms with Gasteiger partial charge in [0.15, 0.2) is 11.6 Å². The Morgan fingerprint density at radius 3 is 2.86 bits per heavy atom. The molecule has 3 N–H and O–H groups in total. The molecule has 4 bridgehead atoms. The number of ether oxygens (including phenoxy) is 2. The van der Waals surface area contributed by atoms with Gasteiger partial charge in [-0.1, -0.05) is 6.07 Å². The maximum absolute atomic E-state index is 14.5. The van der Waals surface area contributed by atoms with Crippen LogP contribution in [0.1, 0.15) is 41.2 Å². The van der Waals surface area contributed by atoms with Crippen LogP contribution in [0.4, 0.5) is 15.8 Å². The van der Waals surface area contributed by atoms with E-state index >= 15 is 0 Å². The highest BCUT2D eigenvalue weighted by Gasteiger charge is 2.36. The minimum atomic E-state index is -0.526. The van der Waals surface area contributed by atoms with Gasteiger partial charge in [0.05, 0.1) is 42.5 Å². The number of nitrogens with one attached hydrogen (secondary N) is 3. The molecule has 2 aromatic heterocycles. The summed E-state index contributed by atoms with van der Waals surface area (Å²) in [6, 6.07) is 6.39. The first-order chi connectivity index (χ1) is 18.0. The van der Waals surface area contributed by atoms with Gasteiger partial charge in [0, 0.05) is 49.4 Å². The van der Waals surface area contributed by atoms with E-state index in [1.54, 1.807) is 24.5 Å². The molecule has 0 saturated carbocycles. The number of carbonyl (C=O) groups excluding carboxylic acids is 2. The second-order valence-corrected chi connectivity index (χ2v) is 9.73. The number of hydrogen-bond acceptors (Lipinski definition) is 6. The van der Waals surface area contributed by atoms with Crippen LogP contribution < -0.4 is 20.1 Å². The molecule has 0 radical (unpaired) electrons. The van der Waals surface area contributed by atoms with Crippen LogP contribution >= 0.6 is 0 Å². The predicted octanol–water partition coefficient (Wildman–Crippen LogP) is 3.82. The highest BCUT2D eigenvalue weighted by Crippen LogP contribution is 2.44. The van der Waals surface area contributed by atoms with Crippen molar-refractivity contribution < 1.29 is 23.5 Å². The van der Waals surface area contributed by atoms with Crippen molar-refractivity contribution in [3.8, 4) is 22.8 Å². The number of pyridine rings is 1. The van der Waals surface area contributed by atoms with Crippen LogP contribution in [0, 0.1) is 11.7 Å². The molecule has 0 aliphatic carbocycles. The minimum absolute atomic E-state index is 0.0350. The molecule has 37 heavy (non-hydrogen) atoms. The average molecular weight is 506 g/mol. The number of para-hydroxylation sites is 1. The summed E-state index contributed by atoms with van der Waals surface area (Å²) in [5, 5.41) is 6.20. The van der Waals surface area contributed by atoms with Crippen LogP contribution in [-0.4, -0.2) is 60.0 Å². The summed E-state index contributed by atoms with van der Waals surface area (Å²) >= 11 is 0. The summed E-state index contributed by atoms with van der Waals surface area (Å²) in [5.41, 5.74) is 3.21. The molecule has 1 atom stereocenters. The summed E-state index contributed by atoms with van der Waals surface area (Å²) in [4.78, 5) is 36.1. The Hall–Kier alpha value is -4.08. The third-order valence-corrected chi connectivity index (χ3v) is 7.52. The molecule has 1 fully saturated rings. The van der Waals surface area contributed by atoms with Crippen molar-refractivity contribution in [3.05, 3.63) is 53.7 Å². The van der Waals surface area contributed by atoms with E-state index in [0.717, 1.165) is 18.4 Å². The molecule has 3 aromatic rings. The molecule has 4 aliphatic rings. The Kier molecular flexibility index (Phi) is 5.94. The van der Waals surface area contributed by atoms with Gasteiger partial charge in [-0.15, -0.1) is 0 Å². The number of methoxy groups -OCH3 is 1. The van der Waals surface area contributed by atoms with Crippen molar-refractivity contribution >= 4 is 23.2 Å². The van der Waals surface area contributed by atoms with E-state index in [2.05, 4.69) is 20.6 Å². The summed E-state index contributed by atoms with van der Waals surface area (Å²) in [7, 11) is 1.39. The Morgan fingerprint density at radius 2 is 2.05 bits per heavy atom. The van der Waals surface area contributed by atoms with E-state index in [0.29, 0.717) is 66.2 Å². The number of carbonyl (C=O) groups is 2. The lowest BCUT2D eigenvalue weighted by molar-refractivity contribution is -0.133. The fourth-order valence-corrected chi connectivity index (χ4v) is 5.52. The van der Waals surface area contributed by atoms with Gasteiger partial charge in [-0.05, 0) is 37.0 Å². The molecule has 2 amide bonds. The number of halogens is 1. The van der Waals surface area contributed by atoms with Crippen molar-refractivity contribution in [2.24, 2.45) is 5.92 Å². The number of rotatable bonds is 3. The smallest absolute Gasteiger partial charge is 0.255 e. The zero-order valence-electron chi connectivity index (χ0n) is 20.5. The zero-order chi connectivity index (χ0) is 25.5. The lowest BCUT2D eigenvalue weighted by atomic mass is 9.92. The number of fused-ring (bicyclic) bond motifs is 4. The number of H-pyrrole nitrogens is 1. The Bertz CT molecular complexity index is 1360. The summed E-state index contributed by atoms with van der Waals surface area (Å²) in [6.45, 7) is 2.24. The van der Waals surface area contributed by atoms with E-state index < -0.39 is 5.82 Å². The Labute approximate surface area is 213 Å². The summed E-state index contributed by atoms with van der Waals surface area (Å²) in [5.74, 6) is -0.0147. The predicted molar refractivity (Wildman–Crippen MR) is 135 cm³/mol. The number of piperidine rings is 1. The molecule has 7 rings (SSSR count). The Morgan fingerprint density at radius 1 is 1.22 bits per heavy atom. The average Bonchev–Trinajstić information content (AvgIpc) is 3.29. The number of nitrogens with zero attached hydrogens (tertiary/aromatic N) is 2. The molecule has 1 saturated heterocycles. The lowest BCUT2D eigenvalue weighted by Crippen LogP contribution is -2.42. The number of aromatic amines is 1. The first kappa shape index (κ1) is 23.3. The van der Waals surface area contributed by atoms with Crippen molar-refractivity contribution in [1.29, 1.82) is 0 Å². The SMILES string of the molecule is COc1c(F)cccc1Nc1c2[nH]c3c1C(=O)NCC3CC(=O)N1CCC(CC1)COc1cnccc1-2. The minimum Gasteiger partial charge on any atom is -0.492 e. The van der Waals surface area contributed by atoms with Crippen molar-refractivity contribution in [2.45, 2.75) is 25.2 Å². The molecule has 4 aliphatic heterocycles. The van der Waals surface area contributed by atoms with Gasteiger partial charge in [0.25, 0.3) is 5.91 Å². The molecule has 1 unspecified atom stereocenters. The second kappa shape index (κ2) is 9.42. The third kappa shape index (κ3) is 4.16. The molecule has 10 heteroatoms. The number of aromatic nitrogens is 2. The van der Waals surface area contributed by atoms with Gasteiger partial charge in [-0.3, -0.25) is 14.6 Å². The second-order valence-electron chi connectivity index (χ2n) is 9.73. The topological polar surface area (TPSA) is 109 Å². The van der Waals surface area contributed by atoms with Gasteiger partial charge in [-0.25, -0.2) is 4.39 Å². The number of hydrogen-bond donors (Lipinski definition) is 3. The maximum Gasteiger partial charge on any atom is 0.255 e. The van der Waals surface area contributed by atoms with Gasteiger partial charge in [0.2, 0.25) is 5.91 Å². The van der Waals surface area contributed by atoms with Gasteiger partial charge in [-0.2, -0.15) is 0 Å². The van der Waals surface area contributed by atoms with Crippen LogP contribution in [0.3, 0.4) is 0 Å². The summed E-state index contributed by atoms with van der Waals surface area (Å²) < 4.78 is 26.1. The standard InChI is InChI=1S/C27H28FN5O4/c1-36-26-18(28)3-2-4-19(26)31-25-22-23-16(12-30-27(22)35)11-21(34)33-9-6-15(7-10-33)14-37-20-13-29-8-5-17(20)24(25)32-23/h2-5,8,13,15-16,31-32H,6-7,9-12,14H2,1H3,(H,30,35). The van der Waals surface area contributed by atoms with E-state index in [-0.39, 0.29) is 29.9 Å². The molecule has 9 nitrogen and oxygen atoms in total.